The molecule has 2 fully saturated rings. The van der Waals surface area contributed by atoms with Gasteiger partial charge in [-0.15, -0.1) is 0 Å². The molecule has 3 aromatic rings. The van der Waals surface area contributed by atoms with E-state index in [2.05, 4.69) is 67.3 Å². The van der Waals surface area contributed by atoms with Gasteiger partial charge < -0.3 is 4.42 Å². The molecule has 136 valence electrons. The predicted octanol–water partition coefficient (Wildman–Crippen LogP) is 6.12. The third kappa shape index (κ3) is 2.16. The minimum Gasteiger partial charge on any atom is -0.454 e. The monoisotopic (exact) mass is 348 g/mol. The highest BCUT2D eigenvalue weighted by atomic mass is 16.3. The lowest BCUT2D eigenvalue weighted by Crippen LogP contribution is -2.50. The van der Waals surface area contributed by atoms with Crippen molar-refractivity contribution in [3.63, 3.8) is 0 Å². The Kier molecular flexibility index (Phi) is 3.42. The van der Waals surface area contributed by atoms with Gasteiger partial charge in [-0.2, -0.15) is 0 Å². The molecule has 0 radical (unpaired) electrons. The van der Waals surface area contributed by atoms with Gasteiger partial charge in [0.1, 0.15) is 5.58 Å². The zero-order chi connectivity index (χ0) is 17.9. The molecule has 0 atom stereocenters. The Morgan fingerprint density at radius 3 is 2.42 bits per heavy atom. The van der Waals surface area contributed by atoms with Gasteiger partial charge in [-0.25, -0.2) is 5.01 Å². The van der Waals surface area contributed by atoms with Crippen molar-refractivity contribution in [3.05, 3.63) is 42.5 Å². The molecule has 1 aliphatic heterocycles. The summed E-state index contributed by atoms with van der Waals surface area (Å²) < 4.78 is 6.35. The van der Waals surface area contributed by atoms with Gasteiger partial charge in [0.15, 0.2) is 5.58 Å². The summed E-state index contributed by atoms with van der Waals surface area (Å²) in [6, 6.07) is 15.0. The van der Waals surface area contributed by atoms with Crippen molar-refractivity contribution >= 4 is 27.6 Å². The van der Waals surface area contributed by atoms with E-state index in [1.807, 2.05) is 6.07 Å². The minimum absolute atomic E-state index is 0.0827. The Morgan fingerprint density at radius 2 is 1.62 bits per heavy atom. The second-order valence-corrected chi connectivity index (χ2v) is 8.86. The molecule has 5 rings (SSSR count). The van der Waals surface area contributed by atoms with Crippen molar-refractivity contribution < 1.29 is 4.42 Å². The van der Waals surface area contributed by atoms with Crippen LogP contribution in [0, 0.1) is 0 Å². The lowest BCUT2D eigenvalue weighted by Gasteiger charge is -2.43. The van der Waals surface area contributed by atoms with Crippen molar-refractivity contribution in [1.29, 1.82) is 0 Å². The van der Waals surface area contributed by atoms with E-state index in [9.17, 15) is 0 Å². The first-order chi connectivity index (χ1) is 12.5. The van der Waals surface area contributed by atoms with Crippen LogP contribution in [0.3, 0.4) is 0 Å². The second-order valence-electron chi connectivity index (χ2n) is 8.86. The summed E-state index contributed by atoms with van der Waals surface area (Å²) in [6.07, 6.45) is 7.91. The summed E-state index contributed by atoms with van der Waals surface area (Å²) in [5.74, 6) is 0. The van der Waals surface area contributed by atoms with Gasteiger partial charge in [0.2, 0.25) is 0 Å². The van der Waals surface area contributed by atoms with E-state index in [1.165, 1.54) is 55.0 Å². The number of para-hydroxylation sites is 2. The molecule has 1 spiro atoms. The first-order valence-corrected chi connectivity index (χ1v) is 9.96. The Hall–Kier alpha value is -2.00. The number of benzene rings is 2. The molecule has 2 aliphatic rings. The number of furan rings is 1. The topological polar surface area (TPSA) is 19.6 Å². The molecule has 3 heteroatoms. The fourth-order valence-corrected chi connectivity index (χ4v) is 5.71. The number of hydrogen-bond donors (Lipinski definition) is 0. The molecule has 0 N–H and O–H groups in total. The maximum Gasteiger partial charge on any atom is 0.160 e. The van der Waals surface area contributed by atoms with Crippen LogP contribution in [0.1, 0.15) is 52.4 Å². The van der Waals surface area contributed by atoms with Gasteiger partial charge in [-0.05, 0) is 45.2 Å². The highest BCUT2D eigenvalue weighted by Crippen LogP contribution is 2.51. The number of rotatable bonds is 1. The van der Waals surface area contributed by atoms with Gasteiger partial charge in [0, 0.05) is 23.4 Å². The second kappa shape index (κ2) is 5.50. The Morgan fingerprint density at radius 1 is 0.885 bits per heavy atom. The summed E-state index contributed by atoms with van der Waals surface area (Å²) in [4.78, 5) is 0. The number of hydrazine groups is 1. The maximum atomic E-state index is 6.35. The van der Waals surface area contributed by atoms with Crippen LogP contribution in [0.25, 0.3) is 21.9 Å². The third-order valence-corrected chi connectivity index (χ3v) is 6.72. The molecule has 1 saturated heterocycles. The van der Waals surface area contributed by atoms with E-state index in [4.69, 9.17) is 4.42 Å². The Bertz CT molecular complexity index is 965. The largest absolute Gasteiger partial charge is 0.454 e. The average molecular weight is 348 g/mol. The number of hydrogen-bond acceptors (Lipinski definition) is 3. The fraction of sp³-hybridized carbons (Fsp3) is 0.478. The molecule has 3 nitrogen and oxygen atoms in total. The van der Waals surface area contributed by atoms with Crippen LogP contribution in [-0.2, 0) is 0 Å². The standard InChI is InChI=1S/C23H28N2O/c1-22(2)16-23(14-7-4-8-15-23)24(3)25(22)19-12-9-11-18-17-10-5-6-13-20(17)26-21(18)19/h5-6,9-13H,4,7-8,14-16H2,1-3H3. The normalized spacial score (nSPS) is 22.7. The summed E-state index contributed by atoms with van der Waals surface area (Å²) in [5, 5.41) is 7.49. The van der Waals surface area contributed by atoms with Gasteiger partial charge in [0.05, 0.1) is 11.2 Å². The molecule has 1 aliphatic carbocycles. The quantitative estimate of drug-likeness (QED) is 0.528. The lowest BCUT2D eigenvalue weighted by molar-refractivity contribution is 0.110. The molecule has 26 heavy (non-hydrogen) atoms. The third-order valence-electron chi connectivity index (χ3n) is 6.72. The molecule has 0 unspecified atom stereocenters. The van der Waals surface area contributed by atoms with Crippen molar-refractivity contribution in [2.45, 2.75) is 63.5 Å². The van der Waals surface area contributed by atoms with E-state index >= 15 is 0 Å². The number of nitrogens with zero attached hydrogens (tertiary/aromatic N) is 2. The molecule has 0 bridgehead atoms. The van der Waals surface area contributed by atoms with Crippen molar-refractivity contribution in [2.75, 3.05) is 12.1 Å². The molecule has 0 amide bonds. The molecule has 2 heterocycles. The molecular weight excluding hydrogens is 320 g/mol. The van der Waals surface area contributed by atoms with Crippen LogP contribution >= 0.6 is 0 Å². The van der Waals surface area contributed by atoms with Crippen molar-refractivity contribution in [2.24, 2.45) is 0 Å². The average Bonchev–Trinajstić information content (AvgIpc) is 3.09. The SMILES string of the molecule is CN1N(c2cccc3c2oc2ccccc23)C(C)(C)CC12CCCCC2. The molecular formula is C23H28N2O. The van der Waals surface area contributed by atoms with Crippen LogP contribution in [0.2, 0.25) is 0 Å². The van der Waals surface area contributed by atoms with E-state index in [0.29, 0.717) is 5.54 Å². The highest BCUT2D eigenvalue weighted by Gasteiger charge is 2.53. The van der Waals surface area contributed by atoms with Crippen LogP contribution in [0.5, 0.6) is 0 Å². The summed E-state index contributed by atoms with van der Waals surface area (Å²) in [6.45, 7) is 4.77. The summed E-state index contributed by atoms with van der Waals surface area (Å²) in [5.41, 5.74) is 3.58. The van der Waals surface area contributed by atoms with E-state index in [0.717, 1.165) is 11.2 Å². The number of fused-ring (bicyclic) bond motifs is 3. The lowest BCUT2D eigenvalue weighted by atomic mass is 9.76. The Labute approximate surface area is 155 Å². The Balaban J connectivity index is 1.69. The zero-order valence-corrected chi connectivity index (χ0v) is 16.1. The maximum absolute atomic E-state index is 6.35. The summed E-state index contributed by atoms with van der Waals surface area (Å²) >= 11 is 0. The number of anilines is 1. The molecule has 1 aromatic heterocycles. The van der Waals surface area contributed by atoms with Crippen molar-refractivity contribution in [1.82, 2.24) is 5.01 Å². The van der Waals surface area contributed by atoms with Gasteiger partial charge in [-0.1, -0.05) is 49.6 Å². The zero-order valence-electron chi connectivity index (χ0n) is 16.1. The van der Waals surface area contributed by atoms with Crippen LogP contribution in [0.4, 0.5) is 5.69 Å². The van der Waals surface area contributed by atoms with Crippen molar-refractivity contribution in [3.8, 4) is 0 Å². The van der Waals surface area contributed by atoms with Crippen LogP contribution in [0.15, 0.2) is 46.9 Å². The summed E-state index contributed by atoms with van der Waals surface area (Å²) in [7, 11) is 2.29. The van der Waals surface area contributed by atoms with Gasteiger partial charge >= 0.3 is 0 Å². The first-order valence-electron chi connectivity index (χ1n) is 9.96. The first kappa shape index (κ1) is 16.2. The van der Waals surface area contributed by atoms with Gasteiger partial charge in [0.25, 0.3) is 0 Å². The van der Waals surface area contributed by atoms with Gasteiger partial charge in [-0.3, -0.25) is 5.01 Å². The van der Waals surface area contributed by atoms with Crippen LogP contribution in [-0.4, -0.2) is 23.1 Å². The molecule has 2 aromatic carbocycles. The smallest absolute Gasteiger partial charge is 0.160 e. The highest BCUT2D eigenvalue weighted by molar-refractivity contribution is 6.08. The van der Waals surface area contributed by atoms with E-state index in [1.54, 1.807) is 0 Å². The van der Waals surface area contributed by atoms with Crippen LogP contribution < -0.4 is 5.01 Å². The fourth-order valence-electron chi connectivity index (χ4n) is 5.71. The predicted molar refractivity (Wildman–Crippen MR) is 108 cm³/mol. The minimum atomic E-state index is 0.0827. The van der Waals surface area contributed by atoms with E-state index in [-0.39, 0.29) is 5.54 Å². The molecule has 1 saturated carbocycles. The van der Waals surface area contributed by atoms with E-state index < -0.39 is 0 Å².